The van der Waals surface area contributed by atoms with Crippen molar-refractivity contribution in [2.24, 2.45) is 0 Å². The number of nitrogens with zero attached hydrogens (tertiary/aromatic N) is 2. The minimum atomic E-state index is -0.399. The second kappa shape index (κ2) is 9.41. The van der Waals surface area contributed by atoms with Gasteiger partial charge in [0.1, 0.15) is 0 Å². The zero-order valence-corrected chi connectivity index (χ0v) is 18.9. The van der Waals surface area contributed by atoms with E-state index in [-0.39, 0.29) is 24.2 Å². The van der Waals surface area contributed by atoms with E-state index in [1.807, 2.05) is 24.3 Å². The maximum absolute atomic E-state index is 12.7. The zero-order valence-electron chi connectivity index (χ0n) is 17.3. The molecule has 1 N–H and O–H groups in total. The van der Waals surface area contributed by atoms with E-state index in [9.17, 15) is 14.4 Å². The molecule has 3 aromatic rings. The average molecular weight is 470 g/mol. The van der Waals surface area contributed by atoms with Crippen molar-refractivity contribution in [1.82, 2.24) is 15.2 Å². The van der Waals surface area contributed by atoms with E-state index in [4.69, 9.17) is 9.47 Å². The van der Waals surface area contributed by atoms with E-state index in [0.29, 0.717) is 27.0 Å². The fourth-order valence-corrected chi connectivity index (χ4v) is 4.86. The molecule has 8 nitrogen and oxygen atoms in total. The van der Waals surface area contributed by atoms with E-state index in [1.165, 1.54) is 18.4 Å². The molecule has 0 aliphatic carbocycles. The monoisotopic (exact) mass is 469 g/mol. The highest BCUT2D eigenvalue weighted by atomic mass is 32.2. The molecule has 10 heteroatoms. The number of ether oxygens (including phenoxy) is 2. The fraction of sp³-hybridized carbons (Fsp3) is 0.182. The Balaban J connectivity index is 1.38. The Morgan fingerprint density at radius 2 is 1.91 bits per heavy atom. The van der Waals surface area contributed by atoms with Crippen LogP contribution < -0.4 is 14.8 Å². The van der Waals surface area contributed by atoms with Crippen molar-refractivity contribution in [3.8, 4) is 11.5 Å². The quantitative estimate of drug-likeness (QED) is 0.526. The summed E-state index contributed by atoms with van der Waals surface area (Å²) in [6.45, 7) is 0.209. The first-order chi connectivity index (χ1) is 15.5. The van der Waals surface area contributed by atoms with Gasteiger partial charge in [-0.2, -0.15) is 0 Å². The smallest absolute Gasteiger partial charge is 0.293 e. The molecule has 0 radical (unpaired) electrons. The van der Waals surface area contributed by atoms with Crippen LogP contribution in [0.15, 0.2) is 47.4 Å². The summed E-state index contributed by atoms with van der Waals surface area (Å²) >= 11 is 2.16. The number of amides is 3. The van der Waals surface area contributed by atoms with Crippen molar-refractivity contribution in [3.05, 3.63) is 57.9 Å². The van der Waals surface area contributed by atoms with Crippen LogP contribution in [0.4, 0.5) is 4.79 Å². The van der Waals surface area contributed by atoms with Gasteiger partial charge in [0.15, 0.2) is 16.5 Å². The third-order valence-electron chi connectivity index (χ3n) is 4.69. The van der Waals surface area contributed by atoms with E-state index in [1.54, 1.807) is 31.4 Å². The molecule has 0 saturated carbocycles. The lowest BCUT2D eigenvalue weighted by atomic mass is 10.2. The highest BCUT2D eigenvalue weighted by Gasteiger charge is 2.34. The van der Waals surface area contributed by atoms with Gasteiger partial charge in [0.25, 0.3) is 17.1 Å². The van der Waals surface area contributed by atoms with Gasteiger partial charge in [-0.25, -0.2) is 4.98 Å². The van der Waals surface area contributed by atoms with Crippen LogP contribution in [0.3, 0.4) is 0 Å². The molecule has 4 rings (SSSR count). The molecule has 32 heavy (non-hydrogen) atoms. The Hall–Kier alpha value is -3.37. The van der Waals surface area contributed by atoms with E-state index >= 15 is 0 Å². The Morgan fingerprint density at radius 3 is 2.66 bits per heavy atom. The van der Waals surface area contributed by atoms with Gasteiger partial charge >= 0.3 is 0 Å². The second-order valence-corrected chi connectivity index (χ2v) is 8.71. The summed E-state index contributed by atoms with van der Waals surface area (Å²) in [4.78, 5) is 43.1. The van der Waals surface area contributed by atoms with Gasteiger partial charge in [-0.1, -0.05) is 18.2 Å². The molecule has 2 heterocycles. The minimum Gasteiger partial charge on any atom is -0.493 e. The Bertz CT molecular complexity index is 1200. The number of methoxy groups -OCH3 is 2. The second-order valence-electron chi connectivity index (χ2n) is 6.69. The summed E-state index contributed by atoms with van der Waals surface area (Å²) in [6.07, 6.45) is 1.63. The van der Waals surface area contributed by atoms with Crippen LogP contribution in [0.5, 0.6) is 11.5 Å². The van der Waals surface area contributed by atoms with E-state index in [2.05, 4.69) is 10.3 Å². The van der Waals surface area contributed by atoms with Crippen molar-refractivity contribution in [1.29, 1.82) is 0 Å². The highest BCUT2D eigenvalue weighted by molar-refractivity contribution is 8.18. The first kappa shape index (κ1) is 21.8. The summed E-state index contributed by atoms with van der Waals surface area (Å²) < 4.78 is 11.4. The van der Waals surface area contributed by atoms with E-state index in [0.717, 1.165) is 26.9 Å². The molecule has 0 bridgehead atoms. The summed E-state index contributed by atoms with van der Waals surface area (Å²) in [5.74, 6) is 0.364. The fourth-order valence-electron chi connectivity index (χ4n) is 3.11. The number of hydrogen-bond donors (Lipinski definition) is 1. The molecule has 2 aromatic carbocycles. The first-order valence-electron chi connectivity index (χ1n) is 9.61. The standard InChI is InChI=1S/C22H19N3O5S2/c1-29-15-8-7-13(11-16(15)30-2)12-18-21(27)25(22(28)32-18)10-9-23-19(26)20-24-14-5-3-4-6-17(14)31-20/h3-8,11-12H,9-10H2,1-2H3,(H,23,26)/b18-12-. The number of rotatable bonds is 7. The molecule has 3 amide bonds. The predicted molar refractivity (Wildman–Crippen MR) is 124 cm³/mol. The number of para-hydroxylation sites is 1. The van der Waals surface area contributed by atoms with Gasteiger partial charge in [0.05, 0.1) is 29.3 Å². The van der Waals surface area contributed by atoms with E-state index < -0.39 is 5.91 Å². The van der Waals surface area contributed by atoms with Gasteiger partial charge in [-0.15, -0.1) is 11.3 Å². The lowest BCUT2D eigenvalue weighted by molar-refractivity contribution is -0.122. The van der Waals surface area contributed by atoms with Crippen LogP contribution in [0.2, 0.25) is 0 Å². The van der Waals surface area contributed by atoms with Crippen LogP contribution >= 0.6 is 23.1 Å². The van der Waals surface area contributed by atoms with Crippen LogP contribution in [-0.4, -0.2) is 54.2 Å². The number of nitrogens with one attached hydrogen (secondary N) is 1. The lowest BCUT2D eigenvalue weighted by Crippen LogP contribution is -2.37. The molecule has 0 unspecified atom stereocenters. The molecule has 0 atom stereocenters. The third-order valence-corrected chi connectivity index (χ3v) is 6.63. The molecule has 164 valence electrons. The first-order valence-corrected chi connectivity index (χ1v) is 11.2. The average Bonchev–Trinajstić information content (AvgIpc) is 3.35. The van der Waals surface area contributed by atoms with Gasteiger partial charge < -0.3 is 14.8 Å². The van der Waals surface area contributed by atoms with Crippen LogP contribution in [0, 0.1) is 0 Å². The molecule has 1 aliphatic heterocycles. The maximum Gasteiger partial charge on any atom is 0.293 e. The van der Waals surface area contributed by atoms with Crippen molar-refractivity contribution < 1.29 is 23.9 Å². The maximum atomic E-state index is 12.7. The number of aromatic nitrogens is 1. The number of thioether (sulfide) groups is 1. The Morgan fingerprint density at radius 1 is 1.12 bits per heavy atom. The molecule has 1 saturated heterocycles. The molecule has 1 fully saturated rings. The number of carbonyl (C=O) groups is 3. The number of fused-ring (bicyclic) bond motifs is 1. The molecule has 1 aromatic heterocycles. The molecular formula is C22H19N3O5S2. The highest BCUT2D eigenvalue weighted by Crippen LogP contribution is 2.34. The zero-order chi connectivity index (χ0) is 22.7. The number of imide groups is 1. The lowest BCUT2D eigenvalue weighted by Gasteiger charge is -2.12. The number of thiazole rings is 1. The van der Waals surface area contributed by atoms with Crippen molar-refractivity contribution >= 4 is 56.4 Å². The SMILES string of the molecule is COc1ccc(/C=C2\SC(=O)N(CCNC(=O)c3nc4ccccc4s3)C2=O)cc1OC. The summed E-state index contributed by atoms with van der Waals surface area (Å²) in [7, 11) is 3.07. The van der Waals surface area contributed by atoms with Gasteiger partial charge in [-0.05, 0) is 47.7 Å². The van der Waals surface area contributed by atoms with Crippen molar-refractivity contribution in [2.45, 2.75) is 0 Å². The van der Waals surface area contributed by atoms with Crippen molar-refractivity contribution in [2.75, 3.05) is 27.3 Å². The topological polar surface area (TPSA) is 97.8 Å². The molecule has 1 aliphatic rings. The van der Waals surface area contributed by atoms with Crippen molar-refractivity contribution in [3.63, 3.8) is 0 Å². The van der Waals surface area contributed by atoms with Crippen LogP contribution in [-0.2, 0) is 4.79 Å². The summed E-state index contributed by atoms with van der Waals surface area (Å²) in [5.41, 5.74) is 1.46. The summed E-state index contributed by atoms with van der Waals surface area (Å²) in [6, 6.07) is 12.7. The molecule has 0 spiro atoms. The molecular weight excluding hydrogens is 450 g/mol. The number of hydrogen-bond acceptors (Lipinski definition) is 8. The minimum absolute atomic E-state index is 0.0740. The summed E-state index contributed by atoms with van der Waals surface area (Å²) in [5, 5.41) is 2.69. The number of benzene rings is 2. The third kappa shape index (κ3) is 4.46. The van der Waals surface area contributed by atoms with Gasteiger partial charge in [-0.3, -0.25) is 19.3 Å². The number of carbonyl (C=O) groups excluding carboxylic acids is 3. The Kier molecular flexibility index (Phi) is 6.42. The predicted octanol–water partition coefficient (Wildman–Crippen LogP) is 3.78. The van der Waals surface area contributed by atoms with Crippen LogP contribution in [0.1, 0.15) is 15.4 Å². The normalized spacial score (nSPS) is 14.9. The largest absolute Gasteiger partial charge is 0.493 e. The van der Waals surface area contributed by atoms with Gasteiger partial charge in [0, 0.05) is 13.1 Å². The van der Waals surface area contributed by atoms with Crippen LogP contribution in [0.25, 0.3) is 16.3 Å². The Labute approximate surface area is 192 Å². The van der Waals surface area contributed by atoms with Gasteiger partial charge in [0.2, 0.25) is 0 Å².